The fourth-order valence-corrected chi connectivity index (χ4v) is 3.30. The standard InChI is InChI=1S/C19H15N5O5S/c25-18(10-5-14-3-1-4-16(13-14)24(26)27)22-15-6-8-17(9-7-15)30(28,29)23-19-20-11-2-12-21-19/h1-13H,(H,22,25)(H,20,21,23). The first-order valence-electron chi connectivity index (χ1n) is 8.47. The second kappa shape index (κ2) is 8.92. The van der Waals surface area contributed by atoms with Crippen LogP contribution in [0, 0.1) is 10.1 Å². The quantitative estimate of drug-likeness (QED) is 0.336. The molecule has 11 heteroatoms. The summed E-state index contributed by atoms with van der Waals surface area (Å²) in [6.07, 6.45) is 5.47. The fraction of sp³-hybridized carbons (Fsp3) is 0. The zero-order chi connectivity index (χ0) is 21.6. The van der Waals surface area contributed by atoms with E-state index in [1.165, 1.54) is 67.0 Å². The molecule has 2 N–H and O–H groups in total. The zero-order valence-corrected chi connectivity index (χ0v) is 16.1. The molecular formula is C19H15N5O5S. The molecule has 0 atom stereocenters. The summed E-state index contributed by atoms with van der Waals surface area (Å²) in [6.45, 7) is 0. The van der Waals surface area contributed by atoms with Crippen molar-refractivity contribution in [3.05, 3.63) is 88.7 Å². The van der Waals surface area contributed by atoms with Crippen LogP contribution in [0.4, 0.5) is 17.3 Å². The molecule has 0 radical (unpaired) electrons. The van der Waals surface area contributed by atoms with Crippen LogP contribution >= 0.6 is 0 Å². The molecule has 0 unspecified atom stereocenters. The summed E-state index contributed by atoms with van der Waals surface area (Å²) < 4.78 is 26.9. The van der Waals surface area contributed by atoms with Crippen LogP contribution in [0.5, 0.6) is 0 Å². The minimum atomic E-state index is -3.87. The molecule has 0 fully saturated rings. The van der Waals surface area contributed by atoms with Gasteiger partial charge in [-0.15, -0.1) is 0 Å². The van der Waals surface area contributed by atoms with Gasteiger partial charge in [0.2, 0.25) is 11.9 Å². The van der Waals surface area contributed by atoms with Crippen molar-refractivity contribution in [2.24, 2.45) is 0 Å². The molecule has 1 aromatic heterocycles. The number of nitro benzene ring substituents is 1. The molecule has 3 aromatic rings. The summed E-state index contributed by atoms with van der Waals surface area (Å²) in [5.41, 5.74) is 0.789. The molecule has 0 aliphatic heterocycles. The number of carbonyl (C=O) groups is 1. The van der Waals surface area contributed by atoms with E-state index in [0.717, 1.165) is 0 Å². The van der Waals surface area contributed by atoms with Gasteiger partial charge in [-0.2, -0.15) is 0 Å². The molecule has 0 saturated heterocycles. The van der Waals surface area contributed by atoms with E-state index in [1.807, 2.05) is 0 Å². The van der Waals surface area contributed by atoms with Crippen LogP contribution in [0.1, 0.15) is 5.56 Å². The largest absolute Gasteiger partial charge is 0.323 e. The normalized spacial score (nSPS) is 11.2. The highest BCUT2D eigenvalue weighted by atomic mass is 32.2. The van der Waals surface area contributed by atoms with Crippen LogP contribution in [0.2, 0.25) is 0 Å². The summed E-state index contributed by atoms with van der Waals surface area (Å²) in [7, 11) is -3.87. The number of carbonyl (C=O) groups excluding carboxylic acids is 1. The highest BCUT2D eigenvalue weighted by molar-refractivity contribution is 7.92. The number of sulfonamides is 1. The van der Waals surface area contributed by atoms with Crippen molar-refractivity contribution in [3.8, 4) is 0 Å². The van der Waals surface area contributed by atoms with Gasteiger partial charge in [-0.25, -0.2) is 23.1 Å². The number of non-ortho nitro benzene ring substituents is 1. The highest BCUT2D eigenvalue weighted by Crippen LogP contribution is 2.17. The van der Waals surface area contributed by atoms with E-state index in [2.05, 4.69) is 20.0 Å². The number of anilines is 2. The Morgan fingerprint density at radius 2 is 1.73 bits per heavy atom. The number of nitro groups is 1. The second-order valence-corrected chi connectivity index (χ2v) is 7.56. The number of aromatic nitrogens is 2. The van der Waals surface area contributed by atoms with Crippen LogP contribution in [0.15, 0.2) is 78.0 Å². The van der Waals surface area contributed by atoms with Crippen LogP contribution < -0.4 is 10.0 Å². The molecule has 0 spiro atoms. The minimum Gasteiger partial charge on any atom is -0.323 e. The molecule has 1 amide bonds. The Bertz CT molecular complexity index is 1200. The van der Waals surface area contributed by atoms with Gasteiger partial charge in [0, 0.05) is 36.3 Å². The van der Waals surface area contributed by atoms with Crippen molar-refractivity contribution in [2.75, 3.05) is 10.0 Å². The molecule has 30 heavy (non-hydrogen) atoms. The van der Waals surface area contributed by atoms with Crippen molar-refractivity contribution in [1.29, 1.82) is 0 Å². The molecule has 0 bridgehead atoms. The molecule has 10 nitrogen and oxygen atoms in total. The van der Waals surface area contributed by atoms with E-state index in [0.29, 0.717) is 11.3 Å². The summed E-state index contributed by atoms with van der Waals surface area (Å²) in [6, 6.07) is 12.9. The van der Waals surface area contributed by atoms with Crippen molar-refractivity contribution in [3.63, 3.8) is 0 Å². The molecule has 152 valence electrons. The average molecular weight is 425 g/mol. The first-order valence-corrected chi connectivity index (χ1v) is 9.95. The lowest BCUT2D eigenvalue weighted by Crippen LogP contribution is -2.15. The molecule has 0 aliphatic rings. The summed E-state index contributed by atoms with van der Waals surface area (Å²) in [5.74, 6) is -0.533. The third-order valence-corrected chi connectivity index (χ3v) is 5.08. The Kier molecular flexibility index (Phi) is 6.13. The maximum absolute atomic E-state index is 12.3. The maximum atomic E-state index is 12.3. The zero-order valence-electron chi connectivity index (χ0n) is 15.3. The van der Waals surface area contributed by atoms with E-state index >= 15 is 0 Å². The van der Waals surface area contributed by atoms with Gasteiger partial charge < -0.3 is 5.32 Å². The van der Waals surface area contributed by atoms with Gasteiger partial charge in [0.1, 0.15) is 0 Å². The fourth-order valence-electron chi connectivity index (χ4n) is 2.35. The Morgan fingerprint density at radius 1 is 1.03 bits per heavy atom. The number of benzene rings is 2. The third-order valence-electron chi connectivity index (χ3n) is 3.73. The van der Waals surface area contributed by atoms with Gasteiger partial charge in [0.15, 0.2) is 0 Å². The first kappa shape index (κ1) is 20.6. The Balaban J connectivity index is 1.64. The van der Waals surface area contributed by atoms with Crippen molar-refractivity contribution < 1.29 is 18.1 Å². The van der Waals surface area contributed by atoms with Gasteiger partial charge in [-0.05, 0) is 42.0 Å². The van der Waals surface area contributed by atoms with E-state index in [9.17, 15) is 23.3 Å². The van der Waals surface area contributed by atoms with Crippen LogP contribution in [-0.4, -0.2) is 29.2 Å². The van der Waals surface area contributed by atoms with E-state index in [4.69, 9.17) is 0 Å². The van der Waals surface area contributed by atoms with Gasteiger partial charge in [0.05, 0.1) is 9.82 Å². The highest BCUT2D eigenvalue weighted by Gasteiger charge is 2.15. The summed E-state index contributed by atoms with van der Waals surface area (Å²) in [5, 5.41) is 13.4. The number of amides is 1. The maximum Gasteiger partial charge on any atom is 0.270 e. The predicted molar refractivity (Wildman–Crippen MR) is 110 cm³/mol. The Labute approximate surface area is 171 Å². The van der Waals surface area contributed by atoms with Crippen LogP contribution in [-0.2, 0) is 14.8 Å². The monoisotopic (exact) mass is 425 g/mol. The van der Waals surface area contributed by atoms with E-state index < -0.39 is 20.9 Å². The summed E-state index contributed by atoms with van der Waals surface area (Å²) >= 11 is 0. The molecule has 0 saturated carbocycles. The van der Waals surface area contributed by atoms with Crippen LogP contribution in [0.3, 0.4) is 0 Å². The number of hydrogen-bond acceptors (Lipinski definition) is 7. The van der Waals surface area contributed by atoms with Crippen molar-refractivity contribution >= 4 is 39.3 Å². The SMILES string of the molecule is O=C(C=Cc1cccc([N+](=O)[O-])c1)Nc1ccc(S(=O)(=O)Nc2ncccn2)cc1. The van der Waals surface area contributed by atoms with Crippen molar-refractivity contribution in [1.82, 2.24) is 9.97 Å². The van der Waals surface area contributed by atoms with Gasteiger partial charge in [-0.1, -0.05) is 12.1 Å². The lowest BCUT2D eigenvalue weighted by atomic mass is 10.2. The van der Waals surface area contributed by atoms with Gasteiger partial charge in [0.25, 0.3) is 15.7 Å². The molecule has 3 rings (SSSR count). The predicted octanol–water partition coefficient (Wildman–Crippen LogP) is 2.84. The summed E-state index contributed by atoms with van der Waals surface area (Å²) in [4.78, 5) is 29.9. The van der Waals surface area contributed by atoms with E-state index in [-0.39, 0.29) is 16.5 Å². The molecule has 0 aliphatic carbocycles. The minimum absolute atomic E-state index is 0.0277. The Hall–Kier alpha value is -4.12. The number of nitrogens with zero attached hydrogens (tertiary/aromatic N) is 3. The van der Waals surface area contributed by atoms with E-state index in [1.54, 1.807) is 12.1 Å². The van der Waals surface area contributed by atoms with Gasteiger partial charge >= 0.3 is 0 Å². The Morgan fingerprint density at radius 3 is 2.40 bits per heavy atom. The lowest BCUT2D eigenvalue weighted by Gasteiger charge is -2.07. The second-order valence-electron chi connectivity index (χ2n) is 5.88. The van der Waals surface area contributed by atoms with Crippen molar-refractivity contribution in [2.45, 2.75) is 4.90 Å². The topological polar surface area (TPSA) is 144 Å². The molecule has 1 heterocycles. The number of nitrogens with one attached hydrogen (secondary N) is 2. The molecular weight excluding hydrogens is 410 g/mol. The average Bonchev–Trinajstić information content (AvgIpc) is 2.73. The van der Waals surface area contributed by atoms with Crippen LogP contribution in [0.25, 0.3) is 6.08 Å². The smallest absolute Gasteiger partial charge is 0.270 e. The number of rotatable bonds is 7. The van der Waals surface area contributed by atoms with Gasteiger partial charge in [-0.3, -0.25) is 14.9 Å². The third kappa shape index (κ3) is 5.45. The molecule has 2 aromatic carbocycles. The number of hydrogen-bond donors (Lipinski definition) is 2. The first-order chi connectivity index (χ1) is 14.3. The lowest BCUT2D eigenvalue weighted by molar-refractivity contribution is -0.384.